The minimum absolute atomic E-state index is 0.00772. The van der Waals surface area contributed by atoms with Gasteiger partial charge in [0.2, 0.25) is 0 Å². The Kier molecular flexibility index (Phi) is 5.47. The zero-order valence-electron chi connectivity index (χ0n) is 10.6. The normalized spacial score (nSPS) is 13.4. The Morgan fingerprint density at radius 1 is 1.33 bits per heavy atom. The summed E-state index contributed by atoms with van der Waals surface area (Å²) in [5.74, 6) is 0.747. The predicted octanol–water partition coefficient (Wildman–Crippen LogP) is 3.69. The highest BCUT2D eigenvalue weighted by molar-refractivity contribution is 5.30. The molecule has 0 amide bonds. The van der Waals surface area contributed by atoms with Gasteiger partial charge in [0.1, 0.15) is 5.75 Å². The number of methoxy groups -OCH3 is 1. The van der Waals surface area contributed by atoms with E-state index in [-0.39, 0.29) is 12.5 Å². The van der Waals surface area contributed by atoms with Crippen LogP contribution in [-0.4, -0.2) is 19.8 Å². The standard InChI is InChI=1S/C13H18F3NO/c1-10(17-8-4-7-13(14,15)16)11-5-3-6-12(9-11)18-2/h3,5-6,9-10,17H,4,7-8H2,1-2H3/t10-/m0/s1. The zero-order chi connectivity index (χ0) is 13.6. The van der Waals surface area contributed by atoms with Crippen molar-refractivity contribution in [2.75, 3.05) is 13.7 Å². The van der Waals surface area contributed by atoms with Crippen LogP contribution in [0.15, 0.2) is 24.3 Å². The number of rotatable bonds is 6. The lowest BCUT2D eigenvalue weighted by Crippen LogP contribution is -2.21. The monoisotopic (exact) mass is 261 g/mol. The van der Waals surface area contributed by atoms with Gasteiger partial charge in [-0.15, -0.1) is 0 Å². The third-order valence-corrected chi connectivity index (χ3v) is 2.68. The molecule has 0 aliphatic carbocycles. The van der Waals surface area contributed by atoms with Gasteiger partial charge in [0.15, 0.2) is 0 Å². The number of nitrogens with one attached hydrogen (secondary N) is 1. The molecule has 0 bridgehead atoms. The average Bonchev–Trinajstić information content (AvgIpc) is 2.33. The molecular weight excluding hydrogens is 243 g/mol. The van der Waals surface area contributed by atoms with E-state index in [4.69, 9.17) is 4.74 Å². The lowest BCUT2D eigenvalue weighted by atomic mass is 10.1. The van der Waals surface area contributed by atoms with Gasteiger partial charge in [-0.1, -0.05) is 12.1 Å². The molecule has 0 fully saturated rings. The van der Waals surface area contributed by atoms with Crippen molar-refractivity contribution in [3.8, 4) is 5.75 Å². The Bertz CT molecular complexity index is 365. The SMILES string of the molecule is COc1cccc([C@H](C)NCCCC(F)(F)F)c1. The highest BCUT2D eigenvalue weighted by Gasteiger charge is 2.25. The zero-order valence-corrected chi connectivity index (χ0v) is 10.6. The van der Waals surface area contributed by atoms with E-state index < -0.39 is 12.6 Å². The second kappa shape index (κ2) is 6.64. The number of ether oxygens (including phenoxy) is 1. The Labute approximate surface area is 105 Å². The first kappa shape index (κ1) is 14.8. The van der Waals surface area contributed by atoms with Crippen molar-refractivity contribution in [1.29, 1.82) is 0 Å². The second-order valence-corrected chi connectivity index (χ2v) is 4.17. The predicted molar refractivity (Wildman–Crippen MR) is 64.7 cm³/mol. The van der Waals surface area contributed by atoms with Crippen LogP contribution in [-0.2, 0) is 0 Å². The topological polar surface area (TPSA) is 21.3 Å². The maximum Gasteiger partial charge on any atom is 0.389 e. The molecule has 2 nitrogen and oxygen atoms in total. The summed E-state index contributed by atoms with van der Waals surface area (Å²) in [6, 6.07) is 7.50. The van der Waals surface area contributed by atoms with Gasteiger partial charge in [0, 0.05) is 12.5 Å². The maximum atomic E-state index is 12.0. The Morgan fingerprint density at radius 2 is 2.06 bits per heavy atom. The summed E-state index contributed by atoms with van der Waals surface area (Å²) in [5, 5.41) is 3.07. The molecule has 1 aromatic carbocycles. The molecule has 0 spiro atoms. The van der Waals surface area contributed by atoms with Crippen LogP contribution in [0.2, 0.25) is 0 Å². The van der Waals surface area contributed by atoms with Crippen LogP contribution in [0.3, 0.4) is 0 Å². The van der Waals surface area contributed by atoms with Crippen molar-refractivity contribution < 1.29 is 17.9 Å². The van der Waals surface area contributed by atoms with Crippen molar-refractivity contribution in [3.05, 3.63) is 29.8 Å². The van der Waals surface area contributed by atoms with Crippen molar-refractivity contribution in [2.45, 2.75) is 32.0 Å². The quantitative estimate of drug-likeness (QED) is 0.788. The van der Waals surface area contributed by atoms with Gasteiger partial charge < -0.3 is 10.1 Å². The van der Waals surface area contributed by atoms with Gasteiger partial charge in [-0.3, -0.25) is 0 Å². The van der Waals surface area contributed by atoms with E-state index in [0.717, 1.165) is 11.3 Å². The molecule has 18 heavy (non-hydrogen) atoms. The van der Waals surface area contributed by atoms with Gasteiger partial charge in [-0.2, -0.15) is 13.2 Å². The number of hydrogen-bond acceptors (Lipinski definition) is 2. The van der Waals surface area contributed by atoms with E-state index in [0.29, 0.717) is 6.54 Å². The van der Waals surface area contributed by atoms with E-state index in [2.05, 4.69) is 5.32 Å². The molecule has 0 saturated carbocycles. The van der Waals surface area contributed by atoms with Crippen LogP contribution >= 0.6 is 0 Å². The molecule has 0 aromatic heterocycles. The second-order valence-electron chi connectivity index (χ2n) is 4.17. The fourth-order valence-corrected chi connectivity index (χ4v) is 1.64. The molecule has 0 aliphatic heterocycles. The van der Waals surface area contributed by atoms with Crippen LogP contribution < -0.4 is 10.1 Å². The summed E-state index contributed by atoms with van der Waals surface area (Å²) in [7, 11) is 1.58. The Hall–Kier alpha value is -1.23. The summed E-state index contributed by atoms with van der Waals surface area (Å²) >= 11 is 0. The smallest absolute Gasteiger partial charge is 0.389 e. The number of hydrogen-bond donors (Lipinski definition) is 1. The third kappa shape index (κ3) is 5.40. The Morgan fingerprint density at radius 3 is 2.67 bits per heavy atom. The number of benzene rings is 1. The van der Waals surface area contributed by atoms with E-state index >= 15 is 0 Å². The lowest BCUT2D eigenvalue weighted by molar-refractivity contribution is -0.135. The van der Waals surface area contributed by atoms with E-state index in [1.165, 1.54) is 0 Å². The molecule has 0 heterocycles. The first-order valence-electron chi connectivity index (χ1n) is 5.86. The van der Waals surface area contributed by atoms with Crippen molar-refractivity contribution in [2.24, 2.45) is 0 Å². The summed E-state index contributed by atoms with van der Waals surface area (Å²) < 4.78 is 41.0. The van der Waals surface area contributed by atoms with Crippen LogP contribution in [0.25, 0.3) is 0 Å². The van der Waals surface area contributed by atoms with Gasteiger partial charge in [-0.05, 0) is 37.6 Å². The summed E-state index contributed by atoms with van der Waals surface area (Å²) in [6.07, 6.45) is -4.72. The number of alkyl halides is 3. The van der Waals surface area contributed by atoms with Gasteiger partial charge in [0.25, 0.3) is 0 Å². The molecule has 0 unspecified atom stereocenters. The molecular formula is C13H18F3NO. The average molecular weight is 261 g/mol. The molecule has 0 radical (unpaired) electrons. The van der Waals surface area contributed by atoms with Crippen LogP contribution in [0, 0.1) is 0 Å². The first-order chi connectivity index (χ1) is 8.42. The van der Waals surface area contributed by atoms with E-state index in [1.54, 1.807) is 7.11 Å². The largest absolute Gasteiger partial charge is 0.497 e. The minimum atomic E-state index is -4.07. The van der Waals surface area contributed by atoms with Crippen molar-refractivity contribution >= 4 is 0 Å². The van der Waals surface area contributed by atoms with Crippen LogP contribution in [0.1, 0.15) is 31.4 Å². The third-order valence-electron chi connectivity index (χ3n) is 2.68. The van der Waals surface area contributed by atoms with Gasteiger partial charge in [-0.25, -0.2) is 0 Å². The maximum absolute atomic E-state index is 12.0. The molecule has 102 valence electrons. The fraction of sp³-hybridized carbons (Fsp3) is 0.538. The number of halogens is 3. The summed E-state index contributed by atoms with van der Waals surface area (Å²) in [4.78, 5) is 0. The molecule has 1 atom stereocenters. The van der Waals surface area contributed by atoms with Crippen LogP contribution in [0.5, 0.6) is 5.75 Å². The van der Waals surface area contributed by atoms with E-state index in [9.17, 15) is 13.2 Å². The van der Waals surface area contributed by atoms with Crippen molar-refractivity contribution in [3.63, 3.8) is 0 Å². The lowest BCUT2D eigenvalue weighted by Gasteiger charge is -2.15. The Balaban J connectivity index is 2.38. The molecule has 1 N–H and O–H groups in total. The van der Waals surface area contributed by atoms with E-state index in [1.807, 2.05) is 31.2 Å². The molecule has 1 aromatic rings. The van der Waals surface area contributed by atoms with Crippen molar-refractivity contribution in [1.82, 2.24) is 5.32 Å². The van der Waals surface area contributed by atoms with Gasteiger partial charge >= 0.3 is 6.18 Å². The highest BCUT2D eigenvalue weighted by Crippen LogP contribution is 2.22. The van der Waals surface area contributed by atoms with Gasteiger partial charge in [0.05, 0.1) is 7.11 Å². The fourth-order valence-electron chi connectivity index (χ4n) is 1.64. The minimum Gasteiger partial charge on any atom is -0.497 e. The molecule has 1 rings (SSSR count). The summed E-state index contributed by atoms with van der Waals surface area (Å²) in [5.41, 5.74) is 1.00. The molecule has 0 saturated heterocycles. The molecule has 5 heteroatoms. The molecule has 0 aliphatic rings. The highest BCUT2D eigenvalue weighted by atomic mass is 19.4. The summed E-state index contributed by atoms with van der Waals surface area (Å²) in [6.45, 7) is 2.26. The first-order valence-corrected chi connectivity index (χ1v) is 5.86. The van der Waals surface area contributed by atoms with Crippen LogP contribution in [0.4, 0.5) is 13.2 Å².